The zero-order chi connectivity index (χ0) is 15.8. The fraction of sp³-hybridized carbons (Fsp3) is 0.600. The van der Waals surface area contributed by atoms with Gasteiger partial charge in [0.1, 0.15) is 5.75 Å². The summed E-state index contributed by atoms with van der Waals surface area (Å²) in [5.41, 5.74) is 7.42. The van der Waals surface area contributed by atoms with E-state index in [0.717, 1.165) is 11.1 Å². The first-order valence-electron chi connectivity index (χ1n) is 7.18. The molecule has 1 aromatic carbocycles. The maximum absolute atomic E-state index is 12.9. The van der Waals surface area contributed by atoms with E-state index in [4.69, 9.17) is 10.5 Å². The van der Waals surface area contributed by atoms with Crippen molar-refractivity contribution in [1.82, 2.24) is 4.31 Å². The monoisotopic (exact) mass is 312 g/mol. The molecule has 2 unspecified atom stereocenters. The van der Waals surface area contributed by atoms with Crippen LogP contribution in [-0.2, 0) is 10.0 Å². The first-order chi connectivity index (χ1) is 9.77. The normalized spacial score (nSPS) is 24.0. The highest BCUT2D eigenvalue weighted by Gasteiger charge is 2.33. The maximum atomic E-state index is 12.9. The summed E-state index contributed by atoms with van der Waals surface area (Å²) in [6, 6.07) is 3.60. The molecule has 0 spiro atoms. The summed E-state index contributed by atoms with van der Waals surface area (Å²) >= 11 is 0. The predicted octanol–water partition coefficient (Wildman–Crippen LogP) is 1.67. The highest BCUT2D eigenvalue weighted by Crippen LogP contribution is 2.30. The highest BCUT2D eigenvalue weighted by molar-refractivity contribution is 7.89. The van der Waals surface area contributed by atoms with E-state index in [1.807, 2.05) is 20.8 Å². The molecule has 0 radical (unpaired) electrons. The number of piperidine rings is 1. The molecule has 1 saturated heterocycles. The van der Waals surface area contributed by atoms with Crippen molar-refractivity contribution in [3.63, 3.8) is 0 Å². The molecule has 2 atom stereocenters. The molecule has 2 rings (SSSR count). The lowest BCUT2D eigenvalue weighted by Gasteiger charge is -2.34. The van der Waals surface area contributed by atoms with Gasteiger partial charge in [-0.1, -0.05) is 6.92 Å². The zero-order valence-corrected chi connectivity index (χ0v) is 13.9. The summed E-state index contributed by atoms with van der Waals surface area (Å²) in [7, 11) is -1.90. The molecule has 6 heteroatoms. The number of nitrogens with two attached hydrogens (primary N) is 1. The molecule has 1 heterocycles. The topological polar surface area (TPSA) is 72.6 Å². The third-order valence-electron chi connectivity index (χ3n) is 4.20. The van der Waals surface area contributed by atoms with Gasteiger partial charge in [-0.15, -0.1) is 0 Å². The summed E-state index contributed by atoms with van der Waals surface area (Å²) in [5, 5.41) is 0. The Morgan fingerprint density at radius 2 is 1.86 bits per heavy atom. The van der Waals surface area contributed by atoms with Crippen molar-refractivity contribution in [3.05, 3.63) is 23.3 Å². The van der Waals surface area contributed by atoms with Gasteiger partial charge in [-0.3, -0.25) is 0 Å². The van der Waals surface area contributed by atoms with E-state index in [2.05, 4.69) is 0 Å². The molecule has 5 nitrogen and oxygen atoms in total. The Labute approximate surface area is 127 Å². The smallest absolute Gasteiger partial charge is 0.243 e. The SMILES string of the molecule is COc1cc(C)c(S(=O)(=O)N2CCC(N)C(C)C2)c(C)c1. The van der Waals surface area contributed by atoms with Gasteiger partial charge in [0.2, 0.25) is 10.0 Å². The number of hydrogen-bond acceptors (Lipinski definition) is 4. The van der Waals surface area contributed by atoms with Gasteiger partial charge in [-0.05, 0) is 49.4 Å². The van der Waals surface area contributed by atoms with E-state index in [1.54, 1.807) is 23.5 Å². The van der Waals surface area contributed by atoms with Crippen molar-refractivity contribution in [1.29, 1.82) is 0 Å². The summed E-state index contributed by atoms with van der Waals surface area (Å²) in [6.45, 7) is 6.58. The Balaban J connectivity index is 2.41. The molecule has 0 bridgehead atoms. The number of methoxy groups -OCH3 is 1. The number of sulfonamides is 1. The Morgan fingerprint density at radius 1 is 1.29 bits per heavy atom. The van der Waals surface area contributed by atoms with Gasteiger partial charge in [0.15, 0.2) is 0 Å². The fourth-order valence-electron chi connectivity index (χ4n) is 2.91. The van der Waals surface area contributed by atoms with E-state index in [9.17, 15) is 8.42 Å². The van der Waals surface area contributed by atoms with Crippen molar-refractivity contribution in [3.8, 4) is 5.75 Å². The molecule has 0 saturated carbocycles. The standard InChI is InChI=1S/C15H24N2O3S/c1-10-7-13(20-4)8-11(2)15(10)21(18,19)17-6-5-14(16)12(3)9-17/h7-8,12,14H,5-6,9,16H2,1-4H3. The van der Waals surface area contributed by atoms with Crippen molar-refractivity contribution < 1.29 is 13.2 Å². The summed E-state index contributed by atoms with van der Waals surface area (Å²) in [4.78, 5) is 0.394. The van der Waals surface area contributed by atoms with Crippen LogP contribution in [0.4, 0.5) is 0 Å². The summed E-state index contributed by atoms with van der Waals surface area (Å²) < 4.78 is 32.6. The Morgan fingerprint density at radius 3 is 2.33 bits per heavy atom. The minimum absolute atomic E-state index is 0.0783. The second kappa shape index (κ2) is 5.94. The number of ether oxygens (including phenoxy) is 1. The minimum atomic E-state index is -3.48. The number of nitrogens with zero attached hydrogens (tertiary/aromatic N) is 1. The van der Waals surface area contributed by atoms with Gasteiger partial charge in [0.05, 0.1) is 12.0 Å². The molecule has 0 amide bonds. The van der Waals surface area contributed by atoms with Crippen LogP contribution in [0.3, 0.4) is 0 Å². The maximum Gasteiger partial charge on any atom is 0.243 e. The molecular formula is C15H24N2O3S. The zero-order valence-electron chi connectivity index (χ0n) is 13.1. The third-order valence-corrected chi connectivity index (χ3v) is 6.37. The lowest BCUT2D eigenvalue weighted by Crippen LogP contribution is -2.48. The molecular weight excluding hydrogens is 288 g/mol. The van der Waals surface area contributed by atoms with Crippen LogP contribution >= 0.6 is 0 Å². The van der Waals surface area contributed by atoms with Crippen LogP contribution in [0.15, 0.2) is 17.0 Å². The van der Waals surface area contributed by atoms with E-state index in [1.165, 1.54) is 0 Å². The molecule has 21 heavy (non-hydrogen) atoms. The quantitative estimate of drug-likeness (QED) is 0.921. The van der Waals surface area contributed by atoms with Crippen LogP contribution in [0.5, 0.6) is 5.75 Å². The van der Waals surface area contributed by atoms with E-state index >= 15 is 0 Å². The first kappa shape index (κ1) is 16.3. The Kier molecular flexibility index (Phi) is 4.60. The Hall–Kier alpha value is -1.11. The van der Waals surface area contributed by atoms with Crippen LogP contribution in [0.25, 0.3) is 0 Å². The van der Waals surface area contributed by atoms with Gasteiger partial charge < -0.3 is 10.5 Å². The van der Waals surface area contributed by atoms with Crippen LogP contribution in [-0.4, -0.2) is 39.0 Å². The molecule has 0 aliphatic carbocycles. The number of aryl methyl sites for hydroxylation is 2. The molecule has 2 N–H and O–H groups in total. The Bertz CT molecular complexity index is 605. The lowest BCUT2D eigenvalue weighted by atomic mass is 9.96. The number of rotatable bonds is 3. The van der Waals surface area contributed by atoms with Gasteiger partial charge in [0.25, 0.3) is 0 Å². The van der Waals surface area contributed by atoms with Crippen molar-refractivity contribution in [2.75, 3.05) is 20.2 Å². The first-order valence-corrected chi connectivity index (χ1v) is 8.62. The van der Waals surface area contributed by atoms with Crippen LogP contribution in [0, 0.1) is 19.8 Å². The molecule has 118 valence electrons. The van der Waals surface area contributed by atoms with Gasteiger partial charge in [-0.2, -0.15) is 4.31 Å². The van der Waals surface area contributed by atoms with Gasteiger partial charge >= 0.3 is 0 Å². The highest BCUT2D eigenvalue weighted by atomic mass is 32.2. The number of hydrogen-bond donors (Lipinski definition) is 1. The molecule has 1 aliphatic heterocycles. The van der Waals surface area contributed by atoms with Crippen molar-refractivity contribution in [2.24, 2.45) is 11.7 Å². The van der Waals surface area contributed by atoms with E-state index < -0.39 is 10.0 Å². The fourth-order valence-corrected chi connectivity index (χ4v) is 4.88. The molecule has 1 aromatic rings. The van der Waals surface area contributed by atoms with E-state index in [-0.39, 0.29) is 12.0 Å². The summed E-state index contributed by atoms with van der Waals surface area (Å²) in [6.07, 6.45) is 0.703. The van der Waals surface area contributed by atoms with Crippen molar-refractivity contribution in [2.45, 2.75) is 38.1 Å². The second-order valence-corrected chi connectivity index (χ2v) is 7.76. The largest absolute Gasteiger partial charge is 0.497 e. The number of benzene rings is 1. The van der Waals surface area contributed by atoms with Crippen LogP contribution in [0.1, 0.15) is 24.5 Å². The molecule has 0 aromatic heterocycles. The van der Waals surface area contributed by atoms with Crippen LogP contribution < -0.4 is 10.5 Å². The molecule has 1 fully saturated rings. The third kappa shape index (κ3) is 3.07. The summed E-state index contributed by atoms with van der Waals surface area (Å²) in [5.74, 6) is 0.852. The van der Waals surface area contributed by atoms with Crippen molar-refractivity contribution >= 4 is 10.0 Å². The average Bonchev–Trinajstić information content (AvgIpc) is 2.40. The minimum Gasteiger partial charge on any atom is -0.497 e. The average molecular weight is 312 g/mol. The van der Waals surface area contributed by atoms with Crippen LogP contribution in [0.2, 0.25) is 0 Å². The van der Waals surface area contributed by atoms with E-state index in [0.29, 0.717) is 30.2 Å². The second-order valence-electron chi connectivity index (χ2n) is 5.88. The van der Waals surface area contributed by atoms with Gasteiger partial charge in [0, 0.05) is 19.1 Å². The molecule has 1 aliphatic rings. The lowest BCUT2D eigenvalue weighted by molar-refractivity contribution is 0.250. The van der Waals surface area contributed by atoms with Gasteiger partial charge in [-0.25, -0.2) is 8.42 Å². The predicted molar refractivity (Wildman–Crippen MR) is 83.0 cm³/mol.